The van der Waals surface area contributed by atoms with Gasteiger partial charge in [-0.1, -0.05) is 26.0 Å². The third kappa shape index (κ3) is 4.83. The normalized spacial score (nSPS) is 11.1. The molecule has 0 unspecified atom stereocenters. The van der Waals surface area contributed by atoms with Crippen molar-refractivity contribution in [1.82, 2.24) is 0 Å². The lowest BCUT2D eigenvalue weighted by molar-refractivity contribution is 0.867. The Morgan fingerprint density at radius 3 is 2.69 bits per heavy atom. The molecule has 4 heteroatoms. The summed E-state index contributed by atoms with van der Waals surface area (Å²) < 4.78 is 0. The number of hydrogen-bond acceptors (Lipinski definition) is 1. The predicted octanol–water partition coefficient (Wildman–Crippen LogP) is 3.17. The van der Waals surface area contributed by atoms with Crippen molar-refractivity contribution < 1.29 is 0 Å². The zero-order valence-electron chi connectivity index (χ0n) is 10.0. The lowest BCUT2D eigenvalue weighted by Gasteiger charge is -2.09. The number of benzene rings is 1. The maximum Gasteiger partial charge on any atom is 0.193 e. The monoisotopic (exact) mass is 333 g/mol. The maximum absolute atomic E-state index is 5.68. The molecule has 1 rings (SSSR count). The van der Waals surface area contributed by atoms with Crippen molar-refractivity contribution in [2.24, 2.45) is 10.7 Å². The highest BCUT2D eigenvalue weighted by atomic mass is 127. The first kappa shape index (κ1) is 15.2. The van der Waals surface area contributed by atoms with Gasteiger partial charge in [0.2, 0.25) is 0 Å². The van der Waals surface area contributed by atoms with E-state index in [9.17, 15) is 0 Å². The van der Waals surface area contributed by atoms with Crippen LogP contribution in [0.2, 0.25) is 0 Å². The molecule has 0 fully saturated rings. The van der Waals surface area contributed by atoms with Gasteiger partial charge in [0.25, 0.3) is 0 Å². The number of nitrogens with two attached hydrogens (primary N) is 1. The van der Waals surface area contributed by atoms with Gasteiger partial charge in [0.05, 0.1) is 0 Å². The molecule has 0 aliphatic rings. The number of rotatable bonds is 3. The minimum Gasteiger partial charge on any atom is -0.370 e. The standard InChI is InChI=1S/C12H19N3.HI/c1-4-14-12(13)15-11-7-5-6-10(8-11)9(2)3;/h5-9H,4H2,1-3H3,(H3,13,14,15);1H. The van der Waals surface area contributed by atoms with Gasteiger partial charge in [-0.15, -0.1) is 24.0 Å². The van der Waals surface area contributed by atoms with Crippen LogP contribution < -0.4 is 11.1 Å². The number of nitrogens with one attached hydrogen (secondary N) is 1. The third-order valence-corrected chi connectivity index (χ3v) is 2.15. The largest absolute Gasteiger partial charge is 0.370 e. The molecule has 16 heavy (non-hydrogen) atoms. The lowest BCUT2D eigenvalue weighted by atomic mass is 10.0. The molecule has 0 atom stereocenters. The van der Waals surface area contributed by atoms with Crippen LogP contribution in [0.4, 0.5) is 5.69 Å². The fourth-order valence-electron chi connectivity index (χ4n) is 1.33. The molecule has 0 aliphatic carbocycles. The molecule has 0 bridgehead atoms. The van der Waals surface area contributed by atoms with E-state index in [4.69, 9.17) is 5.73 Å². The quantitative estimate of drug-likeness (QED) is 0.507. The van der Waals surface area contributed by atoms with Crippen LogP contribution in [0.1, 0.15) is 32.3 Å². The van der Waals surface area contributed by atoms with Gasteiger partial charge >= 0.3 is 0 Å². The van der Waals surface area contributed by atoms with Crippen LogP contribution >= 0.6 is 24.0 Å². The molecule has 0 heterocycles. The first-order valence-corrected chi connectivity index (χ1v) is 5.30. The zero-order chi connectivity index (χ0) is 11.3. The molecule has 0 aromatic heterocycles. The third-order valence-electron chi connectivity index (χ3n) is 2.15. The maximum atomic E-state index is 5.68. The Hall–Kier alpha value is -0.780. The summed E-state index contributed by atoms with van der Waals surface area (Å²) in [7, 11) is 0. The van der Waals surface area contributed by atoms with E-state index in [1.165, 1.54) is 5.56 Å². The average molecular weight is 333 g/mol. The number of hydrogen-bond donors (Lipinski definition) is 2. The first-order chi connectivity index (χ1) is 7.13. The zero-order valence-corrected chi connectivity index (χ0v) is 12.4. The van der Waals surface area contributed by atoms with Crippen molar-refractivity contribution in [3.8, 4) is 0 Å². The van der Waals surface area contributed by atoms with Crippen LogP contribution in [0.3, 0.4) is 0 Å². The van der Waals surface area contributed by atoms with Gasteiger partial charge in [0.1, 0.15) is 0 Å². The highest BCUT2D eigenvalue weighted by Crippen LogP contribution is 2.18. The molecule has 1 aromatic rings. The summed E-state index contributed by atoms with van der Waals surface area (Å²) in [5.41, 5.74) is 7.97. The van der Waals surface area contributed by atoms with E-state index in [-0.39, 0.29) is 24.0 Å². The Morgan fingerprint density at radius 1 is 1.44 bits per heavy atom. The van der Waals surface area contributed by atoms with Gasteiger partial charge in [-0.05, 0) is 30.5 Å². The van der Waals surface area contributed by atoms with E-state index in [0.717, 1.165) is 5.69 Å². The number of halogens is 1. The predicted molar refractivity (Wildman–Crippen MR) is 81.7 cm³/mol. The highest BCUT2D eigenvalue weighted by Gasteiger charge is 2.00. The number of guanidine groups is 1. The second-order valence-corrected chi connectivity index (χ2v) is 3.76. The topological polar surface area (TPSA) is 50.4 Å². The second-order valence-electron chi connectivity index (χ2n) is 3.76. The summed E-state index contributed by atoms with van der Waals surface area (Å²) in [6.45, 7) is 6.99. The van der Waals surface area contributed by atoms with Crippen molar-refractivity contribution in [3.05, 3.63) is 29.8 Å². The second kappa shape index (κ2) is 7.49. The fraction of sp³-hybridized carbons (Fsp3) is 0.417. The summed E-state index contributed by atoms with van der Waals surface area (Å²) >= 11 is 0. The van der Waals surface area contributed by atoms with Gasteiger partial charge in [-0.2, -0.15) is 0 Å². The SMILES string of the molecule is CCN=C(N)Nc1cccc(C(C)C)c1.I. The minimum absolute atomic E-state index is 0. The number of nitrogens with zero attached hydrogens (tertiary/aromatic N) is 1. The van der Waals surface area contributed by atoms with Crippen molar-refractivity contribution >= 4 is 35.6 Å². The smallest absolute Gasteiger partial charge is 0.193 e. The molecular formula is C12H20IN3. The van der Waals surface area contributed by atoms with Crippen molar-refractivity contribution in [2.45, 2.75) is 26.7 Å². The summed E-state index contributed by atoms with van der Waals surface area (Å²) in [6.07, 6.45) is 0. The molecule has 0 aliphatic heterocycles. The molecule has 3 nitrogen and oxygen atoms in total. The van der Waals surface area contributed by atoms with E-state index >= 15 is 0 Å². The van der Waals surface area contributed by atoms with Crippen molar-refractivity contribution in [2.75, 3.05) is 11.9 Å². The Balaban J connectivity index is 0.00000225. The molecule has 0 saturated carbocycles. The van der Waals surface area contributed by atoms with Gasteiger partial charge < -0.3 is 11.1 Å². The number of anilines is 1. The average Bonchev–Trinajstić information content (AvgIpc) is 2.18. The Kier molecular flexibility index (Phi) is 7.12. The molecule has 90 valence electrons. The van der Waals surface area contributed by atoms with E-state index in [1.54, 1.807) is 0 Å². The molecule has 0 saturated heterocycles. The van der Waals surface area contributed by atoms with Crippen LogP contribution in [-0.4, -0.2) is 12.5 Å². The van der Waals surface area contributed by atoms with E-state index < -0.39 is 0 Å². The number of aliphatic imine (C=N–C) groups is 1. The van der Waals surface area contributed by atoms with E-state index in [0.29, 0.717) is 18.4 Å². The molecular weight excluding hydrogens is 313 g/mol. The first-order valence-electron chi connectivity index (χ1n) is 5.30. The Morgan fingerprint density at radius 2 is 2.12 bits per heavy atom. The van der Waals surface area contributed by atoms with Gasteiger partial charge in [-0.3, -0.25) is 4.99 Å². The van der Waals surface area contributed by atoms with Crippen LogP contribution in [0.15, 0.2) is 29.3 Å². The summed E-state index contributed by atoms with van der Waals surface area (Å²) in [4.78, 5) is 4.08. The van der Waals surface area contributed by atoms with Gasteiger partial charge in [0, 0.05) is 12.2 Å². The van der Waals surface area contributed by atoms with E-state index in [2.05, 4.69) is 36.3 Å². The molecule has 3 N–H and O–H groups in total. The van der Waals surface area contributed by atoms with Gasteiger partial charge in [-0.25, -0.2) is 0 Å². The molecule has 0 amide bonds. The molecule has 1 aromatic carbocycles. The lowest BCUT2D eigenvalue weighted by Crippen LogP contribution is -2.22. The van der Waals surface area contributed by atoms with Crippen molar-refractivity contribution in [3.63, 3.8) is 0 Å². The van der Waals surface area contributed by atoms with Crippen molar-refractivity contribution in [1.29, 1.82) is 0 Å². The highest BCUT2D eigenvalue weighted by molar-refractivity contribution is 14.0. The summed E-state index contributed by atoms with van der Waals surface area (Å²) in [5.74, 6) is 0.995. The van der Waals surface area contributed by atoms with E-state index in [1.807, 2.05) is 19.1 Å². The Labute approximate surface area is 115 Å². The molecule has 0 spiro atoms. The fourth-order valence-corrected chi connectivity index (χ4v) is 1.33. The Bertz CT molecular complexity index is 348. The minimum atomic E-state index is 0. The van der Waals surface area contributed by atoms with Crippen LogP contribution in [0.5, 0.6) is 0 Å². The summed E-state index contributed by atoms with van der Waals surface area (Å²) in [6, 6.07) is 8.23. The van der Waals surface area contributed by atoms with Gasteiger partial charge in [0.15, 0.2) is 5.96 Å². The molecule has 0 radical (unpaired) electrons. The van der Waals surface area contributed by atoms with Crippen LogP contribution in [0, 0.1) is 0 Å². The summed E-state index contributed by atoms with van der Waals surface area (Å²) in [5, 5.41) is 3.07. The van der Waals surface area contributed by atoms with Crippen LogP contribution in [0.25, 0.3) is 0 Å². The van der Waals surface area contributed by atoms with Crippen LogP contribution in [-0.2, 0) is 0 Å².